The molecule has 0 saturated carbocycles. The summed E-state index contributed by atoms with van der Waals surface area (Å²) in [6.07, 6.45) is 2.22. The average molecular weight is 251 g/mol. The van der Waals surface area contributed by atoms with Gasteiger partial charge in [0.05, 0.1) is 18.8 Å². The van der Waals surface area contributed by atoms with Gasteiger partial charge in [-0.1, -0.05) is 0 Å². The van der Waals surface area contributed by atoms with E-state index in [1.165, 1.54) is 0 Å². The third-order valence-electron chi connectivity index (χ3n) is 3.37. The Morgan fingerprint density at radius 1 is 1.67 bits per heavy atom. The van der Waals surface area contributed by atoms with E-state index in [4.69, 9.17) is 10.5 Å². The Kier molecular flexibility index (Phi) is 3.85. The van der Waals surface area contributed by atoms with Crippen molar-refractivity contribution in [1.82, 2.24) is 10.3 Å². The van der Waals surface area contributed by atoms with Crippen molar-refractivity contribution in [1.29, 1.82) is 0 Å². The van der Waals surface area contributed by atoms with Gasteiger partial charge in [-0.15, -0.1) is 0 Å². The minimum atomic E-state index is -0.999. The Morgan fingerprint density at radius 2 is 2.44 bits per heavy atom. The number of aromatic nitrogens is 1. The van der Waals surface area contributed by atoms with Gasteiger partial charge in [-0.25, -0.2) is 4.98 Å². The van der Waals surface area contributed by atoms with Gasteiger partial charge in [0.15, 0.2) is 0 Å². The zero-order valence-electron chi connectivity index (χ0n) is 10.9. The third kappa shape index (κ3) is 2.80. The lowest BCUT2D eigenvalue weighted by Crippen LogP contribution is -2.45. The first-order valence-electron chi connectivity index (χ1n) is 6.26. The number of aliphatic hydroxyl groups is 1. The minimum absolute atomic E-state index is 0.146. The molecular weight excluding hydrogens is 230 g/mol. The summed E-state index contributed by atoms with van der Waals surface area (Å²) in [5, 5.41) is 14.0. The van der Waals surface area contributed by atoms with Crippen LogP contribution in [0.1, 0.15) is 24.5 Å². The molecule has 0 aliphatic carbocycles. The Balaban J connectivity index is 2.18. The topological polar surface area (TPSA) is 80.4 Å². The largest absolute Gasteiger partial charge is 0.385 e. The average Bonchev–Trinajstić information content (AvgIpc) is 2.28. The van der Waals surface area contributed by atoms with Crippen molar-refractivity contribution < 1.29 is 9.84 Å². The quantitative estimate of drug-likeness (QED) is 0.731. The van der Waals surface area contributed by atoms with Crippen LogP contribution in [0.5, 0.6) is 0 Å². The summed E-state index contributed by atoms with van der Waals surface area (Å²) in [4.78, 5) is 4.07. The monoisotopic (exact) mass is 251 g/mol. The van der Waals surface area contributed by atoms with Crippen LogP contribution in [0.4, 0.5) is 5.82 Å². The van der Waals surface area contributed by atoms with Crippen molar-refractivity contribution in [3.05, 3.63) is 23.4 Å². The van der Waals surface area contributed by atoms with Gasteiger partial charge in [0, 0.05) is 24.3 Å². The van der Waals surface area contributed by atoms with Crippen LogP contribution in [0.3, 0.4) is 0 Å². The molecule has 1 aliphatic rings. The summed E-state index contributed by atoms with van der Waals surface area (Å²) in [7, 11) is 0. The number of hydrogen-bond donors (Lipinski definition) is 3. The summed E-state index contributed by atoms with van der Waals surface area (Å²) in [6.45, 7) is 5.89. The molecular formula is C13H21N3O2. The maximum atomic E-state index is 10.7. The number of ether oxygens (including phenoxy) is 1. The van der Waals surface area contributed by atoms with E-state index in [-0.39, 0.29) is 6.04 Å². The van der Waals surface area contributed by atoms with Crippen LogP contribution < -0.4 is 11.1 Å². The molecule has 1 fully saturated rings. The Bertz CT molecular complexity index is 394. The van der Waals surface area contributed by atoms with E-state index in [9.17, 15) is 5.11 Å². The highest BCUT2D eigenvalue weighted by Gasteiger charge is 2.32. The van der Waals surface area contributed by atoms with E-state index < -0.39 is 5.60 Å². The van der Waals surface area contributed by atoms with E-state index in [1.807, 2.05) is 13.0 Å². The number of nitrogen functional groups attached to an aromatic ring is 1. The number of anilines is 1. The molecule has 100 valence electrons. The van der Waals surface area contributed by atoms with E-state index in [0.717, 1.165) is 24.3 Å². The number of hydrogen-bond acceptors (Lipinski definition) is 5. The second kappa shape index (κ2) is 5.22. The van der Waals surface area contributed by atoms with Gasteiger partial charge < -0.3 is 20.9 Å². The highest BCUT2D eigenvalue weighted by atomic mass is 16.5. The summed E-state index contributed by atoms with van der Waals surface area (Å²) in [5.41, 5.74) is 6.57. The van der Waals surface area contributed by atoms with Crippen molar-refractivity contribution in [3.8, 4) is 0 Å². The number of pyridine rings is 1. The fraction of sp³-hybridized carbons (Fsp3) is 0.615. The first-order valence-corrected chi connectivity index (χ1v) is 6.26. The highest BCUT2D eigenvalue weighted by Crippen LogP contribution is 2.32. The Morgan fingerprint density at radius 3 is 3.06 bits per heavy atom. The van der Waals surface area contributed by atoms with Gasteiger partial charge in [0.25, 0.3) is 0 Å². The van der Waals surface area contributed by atoms with Crippen LogP contribution in [0.15, 0.2) is 12.3 Å². The predicted molar refractivity (Wildman–Crippen MR) is 70.2 cm³/mol. The second-order valence-electron chi connectivity index (χ2n) is 5.09. The normalized spacial score (nSPS) is 23.6. The maximum absolute atomic E-state index is 10.7. The zero-order chi connectivity index (χ0) is 13.2. The molecule has 5 heteroatoms. The third-order valence-corrected chi connectivity index (χ3v) is 3.37. The van der Waals surface area contributed by atoms with Crippen molar-refractivity contribution in [2.75, 3.05) is 25.5 Å². The minimum Gasteiger partial charge on any atom is -0.385 e. The van der Waals surface area contributed by atoms with Crippen LogP contribution in [0.2, 0.25) is 0 Å². The standard InChI is InChI=1S/C13H21N3O2/c1-9-3-4-16-12(14)11(9)13(2,17)7-10-8-18-6-5-15-10/h3-4,10,15,17H,5-8H2,1-2H3,(H2,14,16). The molecule has 4 N–H and O–H groups in total. The Hall–Kier alpha value is -1.17. The van der Waals surface area contributed by atoms with Crippen LogP contribution in [0, 0.1) is 6.92 Å². The first kappa shape index (κ1) is 13.3. The molecule has 0 spiro atoms. The van der Waals surface area contributed by atoms with E-state index in [0.29, 0.717) is 18.8 Å². The van der Waals surface area contributed by atoms with Gasteiger partial charge in [0.1, 0.15) is 5.82 Å². The molecule has 0 bridgehead atoms. The molecule has 1 aliphatic heterocycles. The van der Waals surface area contributed by atoms with Gasteiger partial charge in [-0.2, -0.15) is 0 Å². The molecule has 1 saturated heterocycles. The second-order valence-corrected chi connectivity index (χ2v) is 5.09. The van der Waals surface area contributed by atoms with E-state index in [2.05, 4.69) is 10.3 Å². The molecule has 2 heterocycles. The van der Waals surface area contributed by atoms with Crippen LogP contribution in [-0.2, 0) is 10.3 Å². The van der Waals surface area contributed by atoms with E-state index >= 15 is 0 Å². The molecule has 0 amide bonds. The summed E-state index contributed by atoms with van der Waals surface area (Å²) >= 11 is 0. The zero-order valence-corrected chi connectivity index (χ0v) is 10.9. The molecule has 2 unspecified atom stereocenters. The molecule has 0 radical (unpaired) electrons. The molecule has 2 atom stereocenters. The van der Waals surface area contributed by atoms with Crippen LogP contribution in [-0.4, -0.2) is 35.9 Å². The predicted octanol–water partition coefficient (Wildman–Crippen LogP) is 0.558. The summed E-state index contributed by atoms with van der Waals surface area (Å²) in [6, 6.07) is 2.01. The van der Waals surface area contributed by atoms with Crippen LogP contribution in [0.25, 0.3) is 0 Å². The fourth-order valence-corrected chi connectivity index (χ4v) is 2.61. The summed E-state index contributed by atoms with van der Waals surface area (Å²) in [5.74, 6) is 0.400. The maximum Gasteiger partial charge on any atom is 0.129 e. The number of rotatable bonds is 3. The SMILES string of the molecule is Cc1ccnc(N)c1C(C)(O)CC1COCCN1. The Labute approximate surface area is 107 Å². The van der Waals surface area contributed by atoms with Gasteiger partial charge in [0.2, 0.25) is 0 Å². The lowest BCUT2D eigenvalue weighted by Gasteiger charge is -2.33. The fourth-order valence-electron chi connectivity index (χ4n) is 2.61. The number of nitrogens with two attached hydrogens (primary N) is 1. The number of nitrogens with one attached hydrogen (secondary N) is 1. The summed E-state index contributed by atoms with van der Waals surface area (Å²) < 4.78 is 5.40. The smallest absolute Gasteiger partial charge is 0.129 e. The first-order chi connectivity index (χ1) is 8.50. The van der Waals surface area contributed by atoms with Gasteiger partial charge >= 0.3 is 0 Å². The van der Waals surface area contributed by atoms with Crippen molar-refractivity contribution in [3.63, 3.8) is 0 Å². The highest BCUT2D eigenvalue weighted by molar-refractivity contribution is 5.47. The molecule has 5 nitrogen and oxygen atoms in total. The molecule has 2 rings (SSSR count). The number of morpholine rings is 1. The molecule has 1 aromatic heterocycles. The molecule has 1 aromatic rings. The number of aryl methyl sites for hydroxylation is 1. The van der Waals surface area contributed by atoms with Crippen LogP contribution >= 0.6 is 0 Å². The lowest BCUT2D eigenvalue weighted by atomic mass is 9.86. The molecule has 18 heavy (non-hydrogen) atoms. The van der Waals surface area contributed by atoms with Gasteiger partial charge in [-0.3, -0.25) is 0 Å². The van der Waals surface area contributed by atoms with E-state index in [1.54, 1.807) is 13.1 Å². The van der Waals surface area contributed by atoms with Crippen molar-refractivity contribution in [2.45, 2.75) is 31.9 Å². The van der Waals surface area contributed by atoms with Crippen molar-refractivity contribution in [2.24, 2.45) is 0 Å². The number of nitrogens with zero attached hydrogens (tertiary/aromatic N) is 1. The van der Waals surface area contributed by atoms with Gasteiger partial charge in [-0.05, 0) is 31.9 Å². The lowest BCUT2D eigenvalue weighted by molar-refractivity contribution is 0.00317. The molecule has 0 aromatic carbocycles. The van der Waals surface area contributed by atoms with Crippen molar-refractivity contribution >= 4 is 5.82 Å².